The predicted octanol–water partition coefficient (Wildman–Crippen LogP) is 0.779. The van der Waals surface area contributed by atoms with E-state index in [0.29, 0.717) is 0 Å². The minimum atomic E-state index is -0.864. The summed E-state index contributed by atoms with van der Waals surface area (Å²) in [6.45, 7) is 3.31. The van der Waals surface area contributed by atoms with Crippen molar-refractivity contribution in [3.63, 3.8) is 0 Å². The minimum Gasteiger partial charge on any atom is -0.507 e. The third kappa shape index (κ3) is 3.13. The summed E-state index contributed by atoms with van der Waals surface area (Å²) in [5.74, 6) is -2.04. The van der Waals surface area contributed by atoms with Crippen molar-refractivity contribution in [3.8, 4) is 11.5 Å². The van der Waals surface area contributed by atoms with Crippen molar-refractivity contribution in [1.82, 2.24) is 5.32 Å². The molecule has 0 fully saturated rings. The Morgan fingerprint density at radius 1 is 1.33 bits per heavy atom. The second kappa shape index (κ2) is 5.90. The molecule has 0 spiro atoms. The van der Waals surface area contributed by atoms with Crippen LogP contribution in [-0.4, -0.2) is 34.7 Å². The van der Waals surface area contributed by atoms with Crippen LogP contribution in [-0.2, 0) is 9.53 Å². The van der Waals surface area contributed by atoms with Crippen LogP contribution in [0.2, 0.25) is 0 Å². The molecule has 0 aliphatic heterocycles. The highest BCUT2D eigenvalue weighted by molar-refractivity contribution is 6.01. The van der Waals surface area contributed by atoms with Gasteiger partial charge in [-0.15, -0.1) is 0 Å². The van der Waals surface area contributed by atoms with E-state index in [4.69, 9.17) is 4.74 Å². The molecule has 1 unspecified atom stereocenters. The lowest BCUT2D eigenvalue weighted by Crippen LogP contribution is -2.39. The first-order valence-corrected chi connectivity index (χ1v) is 5.45. The zero-order valence-electron chi connectivity index (χ0n) is 10.1. The molecule has 0 aromatic heterocycles. The van der Waals surface area contributed by atoms with Crippen molar-refractivity contribution < 1.29 is 24.5 Å². The fraction of sp³-hybridized carbons (Fsp3) is 0.333. The van der Waals surface area contributed by atoms with Gasteiger partial charge in [0, 0.05) is 0 Å². The number of phenols is 2. The summed E-state index contributed by atoms with van der Waals surface area (Å²) >= 11 is 0. The molecule has 0 aliphatic carbocycles. The van der Waals surface area contributed by atoms with E-state index < -0.39 is 17.9 Å². The van der Waals surface area contributed by atoms with E-state index in [1.165, 1.54) is 25.1 Å². The molecule has 0 aliphatic rings. The highest BCUT2D eigenvalue weighted by Crippen LogP contribution is 2.25. The van der Waals surface area contributed by atoms with Crippen molar-refractivity contribution in [2.24, 2.45) is 0 Å². The number of esters is 1. The largest absolute Gasteiger partial charge is 0.507 e. The molecule has 0 bridgehead atoms. The zero-order chi connectivity index (χ0) is 13.7. The quantitative estimate of drug-likeness (QED) is 0.689. The third-order valence-corrected chi connectivity index (χ3v) is 2.24. The molecule has 3 N–H and O–H groups in total. The predicted molar refractivity (Wildman–Crippen MR) is 63.3 cm³/mol. The summed E-state index contributed by atoms with van der Waals surface area (Å²) in [5.41, 5.74) is -0.270. The number of carbonyl (C=O) groups is 2. The summed E-state index contributed by atoms with van der Waals surface area (Å²) < 4.78 is 4.72. The molecule has 0 saturated carbocycles. The van der Waals surface area contributed by atoms with E-state index in [-0.39, 0.29) is 23.7 Å². The van der Waals surface area contributed by atoms with Gasteiger partial charge in [0.05, 0.1) is 6.61 Å². The van der Waals surface area contributed by atoms with Crippen LogP contribution in [0.3, 0.4) is 0 Å². The zero-order valence-corrected chi connectivity index (χ0v) is 10.1. The van der Waals surface area contributed by atoms with Crippen molar-refractivity contribution >= 4 is 11.9 Å². The average Bonchev–Trinajstić information content (AvgIpc) is 2.28. The summed E-state index contributed by atoms with van der Waals surface area (Å²) in [6, 6.07) is 3.07. The number of benzene rings is 1. The van der Waals surface area contributed by atoms with Gasteiger partial charge in [-0.25, -0.2) is 4.79 Å². The number of amides is 1. The van der Waals surface area contributed by atoms with Crippen molar-refractivity contribution in [3.05, 3.63) is 23.8 Å². The van der Waals surface area contributed by atoms with Gasteiger partial charge in [-0.1, -0.05) is 6.07 Å². The number of carbonyl (C=O) groups excluding carboxylic acids is 2. The molecule has 1 aromatic rings. The highest BCUT2D eigenvalue weighted by atomic mass is 16.5. The second-order valence-corrected chi connectivity index (χ2v) is 3.62. The number of ether oxygens (including phenoxy) is 1. The molecule has 0 heterocycles. The van der Waals surface area contributed by atoms with Gasteiger partial charge >= 0.3 is 5.97 Å². The van der Waals surface area contributed by atoms with Crippen LogP contribution >= 0.6 is 0 Å². The maximum Gasteiger partial charge on any atom is 0.328 e. The highest BCUT2D eigenvalue weighted by Gasteiger charge is 2.21. The Labute approximate surface area is 104 Å². The standard InChI is InChI=1S/C12H15NO5/c1-3-18-12(17)7(2)13-11(16)10-8(14)5-4-6-9(10)15/h4-7,14-15H,3H2,1-2H3,(H,13,16). The molecular formula is C12H15NO5. The lowest BCUT2D eigenvalue weighted by atomic mass is 10.1. The van der Waals surface area contributed by atoms with Crippen LogP contribution in [0.1, 0.15) is 24.2 Å². The number of nitrogens with one attached hydrogen (secondary N) is 1. The molecular weight excluding hydrogens is 238 g/mol. The Morgan fingerprint density at radius 2 is 1.89 bits per heavy atom. The van der Waals surface area contributed by atoms with E-state index in [0.717, 1.165) is 0 Å². The van der Waals surface area contributed by atoms with Gasteiger partial charge in [0.15, 0.2) is 0 Å². The molecule has 1 atom stereocenters. The van der Waals surface area contributed by atoms with E-state index in [1.807, 2.05) is 0 Å². The Balaban J connectivity index is 2.80. The Morgan fingerprint density at radius 3 is 2.39 bits per heavy atom. The van der Waals surface area contributed by atoms with Gasteiger partial charge < -0.3 is 20.3 Å². The molecule has 0 radical (unpaired) electrons. The molecule has 1 aromatic carbocycles. The summed E-state index contributed by atoms with van der Waals surface area (Å²) in [6.07, 6.45) is 0. The van der Waals surface area contributed by atoms with Gasteiger partial charge in [-0.3, -0.25) is 4.79 Å². The van der Waals surface area contributed by atoms with Gasteiger partial charge in [-0.2, -0.15) is 0 Å². The van der Waals surface area contributed by atoms with Gasteiger partial charge in [0.2, 0.25) is 0 Å². The monoisotopic (exact) mass is 253 g/mol. The number of aromatic hydroxyl groups is 2. The van der Waals surface area contributed by atoms with Crippen LogP contribution in [0, 0.1) is 0 Å². The van der Waals surface area contributed by atoms with E-state index >= 15 is 0 Å². The normalized spacial score (nSPS) is 11.7. The summed E-state index contributed by atoms with van der Waals surface area (Å²) in [5, 5.41) is 21.3. The number of phenolic OH excluding ortho intramolecular Hbond substituents is 2. The Hall–Kier alpha value is -2.24. The second-order valence-electron chi connectivity index (χ2n) is 3.62. The van der Waals surface area contributed by atoms with Crippen molar-refractivity contribution in [2.45, 2.75) is 19.9 Å². The Bertz CT molecular complexity index is 438. The van der Waals surface area contributed by atoms with Crippen LogP contribution in [0.15, 0.2) is 18.2 Å². The maximum absolute atomic E-state index is 11.8. The lowest BCUT2D eigenvalue weighted by molar-refractivity contribution is -0.144. The first-order chi connectivity index (χ1) is 8.47. The fourth-order valence-corrected chi connectivity index (χ4v) is 1.36. The van der Waals surface area contributed by atoms with E-state index in [9.17, 15) is 19.8 Å². The van der Waals surface area contributed by atoms with Gasteiger partial charge in [-0.05, 0) is 26.0 Å². The average molecular weight is 253 g/mol. The summed E-state index contributed by atoms with van der Waals surface area (Å²) in [4.78, 5) is 23.1. The van der Waals surface area contributed by atoms with Crippen LogP contribution in [0.4, 0.5) is 0 Å². The molecule has 1 rings (SSSR count). The Kier molecular flexibility index (Phi) is 4.53. The maximum atomic E-state index is 11.8. The van der Waals surface area contributed by atoms with E-state index in [1.54, 1.807) is 6.92 Å². The van der Waals surface area contributed by atoms with Crippen LogP contribution < -0.4 is 5.32 Å². The molecule has 6 nitrogen and oxygen atoms in total. The number of rotatable bonds is 4. The van der Waals surface area contributed by atoms with Crippen LogP contribution in [0.5, 0.6) is 11.5 Å². The first kappa shape index (κ1) is 13.8. The van der Waals surface area contributed by atoms with Gasteiger partial charge in [0.25, 0.3) is 5.91 Å². The van der Waals surface area contributed by atoms with Crippen LogP contribution in [0.25, 0.3) is 0 Å². The smallest absolute Gasteiger partial charge is 0.328 e. The number of hydrogen-bond acceptors (Lipinski definition) is 5. The van der Waals surface area contributed by atoms with Gasteiger partial charge in [0.1, 0.15) is 23.1 Å². The van der Waals surface area contributed by atoms with Crippen molar-refractivity contribution in [1.29, 1.82) is 0 Å². The molecule has 18 heavy (non-hydrogen) atoms. The molecule has 6 heteroatoms. The molecule has 98 valence electrons. The lowest BCUT2D eigenvalue weighted by Gasteiger charge is -2.13. The minimum absolute atomic E-state index is 0.209. The third-order valence-electron chi connectivity index (χ3n) is 2.24. The van der Waals surface area contributed by atoms with E-state index in [2.05, 4.69) is 5.32 Å². The first-order valence-electron chi connectivity index (χ1n) is 5.45. The SMILES string of the molecule is CCOC(=O)C(C)NC(=O)c1c(O)cccc1O. The number of hydrogen-bond donors (Lipinski definition) is 3. The molecule has 0 saturated heterocycles. The summed E-state index contributed by atoms with van der Waals surface area (Å²) in [7, 11) is 0. The fourth-order valence-electron chi connectivity index (χ4n) is 1.36. The topological polar surface area (TPSA) is 95.9 Å². The molecule has 1 amide bonds. The van der Waals surface area contributed by atoms with Crippen molar-refractivity contribution in [2.75, 3.05) is 6.61 Å².